The van der Waals surface area contributed by atoms with Gasteiger partial charge in [-0.25, -0.2) is 0 Å². The zero-order chi connectivity index (χ0) is 12.7. The van der Waals surface area contributed by atoms with E-state index in [9.17, 15) is 5.11 Å². The van der Waals surface area contributed by atoms with Crippen molar-refractivity contribution in [2.45, 2.75) is 39.3 Å². The molecular weight excluding hydrogens is 218 g/mol. The van der Waals surface area contributed by atoms with Crippen molar-refractivity contribution in [3.63, 3.8) is 0 Å². The van der Waals surface area contributed by atoms with Crippen LogP contribution in [0.3, 0.4) is 0 Å². The summed E-state index contributed by atoms with van der Waals surface area (Å²) in [6.45, 7) is 9.80. The second-order valence-electron chi connectivity index (χ2n) is 5.41. The van der Waals surface area contributed by atoms with Crippen LogP contribution in [0, 0.1) is 11.8 Å². The van der Waals surface area contributed by atoms with Crippen molar-refractivity contribution in [2.24, 2.45) is 11.8 Å². The van der Waals surface area contributed by atoms with Crippen LogP contribution in [0.4, 0.5) is 0 Å². The zero-order valence-corrected chi connectivity index (χ0v) is 11.3. The van der Waals surface area contributed by atoms with E-state index in [1.54, 1.807) is 0 Å². The second kappa shape index (κ2) is 8.03. The normalized spacial score (nSPS) is 24.2. The lowest BCUT2D eigenvalue weighted by Gasteiger charge is -2.21. The van der Waals surface area contributed by atoms with Gasteiger partial charge in [0.1, 0.15) is 0 Å². The van der Waals surface area contributed by atoms with Crippen LogP contribution in [0.5, 0.6) is 0 Å². The van der Waals surface area contributed by atoms with E-state index in [1.165, 1.54) is 0 Å². The van der Waals surface area contributed by atoms with Gasteiger partial charge in [-0.3, -0.25) is 0 Å². The Labute approximate surface area is 105 Å². The number of hydrogen-bond donors (Lipinski definition) is 2. The number of ether oxygens (including phenoxy) is 2. The van der Waals surface area contributed by atoms with Crippen molar-refractivity contribution >= 4 is 0 Å². The Morgan fingerprint density at radius 3 is 2.71 bits per heavy atom. The van der Waals surface area contributed by atoms with E-state index in [0.717, 1.165) is 19.6 Å². The predicted octanol–water partition coefficient (Wildman–Crippen LogP) is 1.03. The summed E-state index contributed by atoms with van der Waals surface area (Å²) in [6, 6.07) is 0.400. The first-order valence-electron chi connectivity index (χ1n) is 6.66. The molecule has 1 aliphatic heterocycles. The van der Waals surface area contributed by atoms with Crippen LogP contribution in [0.15, 0.2) is 0 Å². The van der Waals surface area contributed by atoms with Gasteiger partial charge in [-0.15, -0.1) is 0 Å². The molecule has 1 aliphatic rings. The van der Waals surface area contributed by atoms with Gasteiger partial charge in [0.25, 0.3) is 0 Å². The first kappa shape index (κ1) is 14.9. The lowest BCUT2D eigenvalue weighted by molar-refractivity contribution is 0.0242. The van der Waals surface area contributed by atoms with Gasteiger partial charge in [-0.1, -0.05) is 13.8 Å². The highest BCUT2D eigenvalue weighted by atomic mass is 16.5. The standard InChI is InChI=1S/C13H27NO3/c1-10(2)7-17-9-13(15)6-14-11(3)12-4-5-16-8-12/h10-15H,4-9H2,1-3H3. The molecule has 0 radical (unpaired) electrons. The summed E-state index contributed by atoms with van der Waals surface area (Å²) in [7, 11) is 0. The van der Waals surface area contributed by atoms with Gasteiger partial charge in [0.15, 0.2) is 0 Å². The summed E-state index contributed by atoms with van der Waals surface area (Å²) in [6.07, 6.45) is 0.701. The van der Waals surface area contributed by atoms with Gasteiger partial charge in [-0.05, 0) is 25.2 Å². The molecule has 0 aliphatic carbocycles. The largest absolute Gasteiger partial charge is 0.389 e. The molecular formula is C13H27NO3. The lowest BCUT2D eigenvalue weighted by atomic mass is 10.0. The minimum Gasteiger partial charge on any atom is -0.389 e. The van der Waals surface area contributed by atoms with Crippen molar-refractivity contribution < 1.29 is 14.6 Å². The van der Waals surface area contributed by atoms with Gasteiger partial charge in [0.05, 0.1) is 19.3 Å². The Hall–Kier alpha value is -0.160. The molecule has 3 atom stereocenters. The molecule has 0 aromatic rings. The Balaban J connectivity index is 2.03. The summed E-state index contributed by atoms with van der Waals surface area (Å²) in [5.41, 5.74) is 0. The molecule has 0 amide bonds. The molecule has 4 nitrogen and oxygen atoms in total. The number of hydrogen-bond acceptors (Lipinski definition) is 4. The minimum absolute atomic E-state index is 0.400. The molecule has 1 rings (SSSR count). The number of rotatable bonds is 8. The molecule has 0 spiro atoms. The highest BCUT2D eigenvalue weighted by molar-refractivity contribution is 4.76. The molecule has 0 aromatic carbocycles. The highest BCUT2D eigenvalue weighted by Gasteiger charge is 2.22. The van der Waals surface area contributed by atoms with Crippen LogP contribution in [-0.2, 0) is 9.47 Å². The fourth-order valence-corrected chi connectivity index (χ4v) is 1.93. The molecule has 0 saturated carbocycles. The van der Waals surface area contributed by atoms with Crippen molar-refractivity contribution in [1.82, 2.24) is 5.32 Å². The maximum atomic E-state index is 9.74. The van der Waals surface area contributed by atoms with Crippen LogP contribution >= 0.6 is 0 Å². The van der Waals surface area contributed by atoms with Crippen LogP contribution < -0.4 is 5.32 Å². The smallest absolute Gasteiger partial charge is 0.0897 e. The molecule has 1 heterocycles. The van der Waals surface area contributed by atoms with E-state index in [2.05, 4.69) is 26.1 Å². The monoisotopic (exact) mass is 245 g/mol. The van der Waals surface area contributed by atoms with E-state index in [-0.39, 0.29) is 0 Å². The van der Waals surface area contributed by atoms with Gasteiger partial charge < -0.3 is 19.9 Å². The summed E-state index contributed by atoms with van der Waals surface area (Å²) in [5, 5.41) is 13.1. The fraction of sp³-hybridized carbons (Fsp3) is 1.00. The number of aliphatic hydroxyl groups is 1. The van der Waals surface area contributed by atoms with E-state index >= 15 is 0 Å². The topological polar surface area (TPSA) is 50.7 Å². The summed E-state index contributed by atoms with van der Waals surface area (Å²) >= 11 is 0. The first-order chi connectivity index (χ1) is 8.09. The minimum atomic E-state index is -0.418. The summed E-state index contributed by atoms with van der Waals surface area (Å²) in [4.78, 5) is 0. The third kappa shape index (κ3) is 6.36. The Morgan fingerprint density at radius 2 is 2.12 bits per heavy atom. The van der Waals surface area contributed by atoms with Crippen LogP contribution in [-0.4, -0.2) is 50.2 Å². The van der Waals surface area contributed by atoms with Crippen LogP contribution in [0.25, 0.3) is 0 Å². The quantitative estimate of drug-likeness (QED) is 0.671. The molecule has 1 saturated heterocycles. The molecule has 3 unspecified atom stereocenters. The molecule has 17 heavy (non-hydrogen) atoms. The maximum Gasteiger partial charge on any atom is 0.0897 e. The number of aliphatic hydroxyl groups excluding tert-OH is 1. The maximum absolute atomic E-state index is 9.74. The van der Waals surface area contributed by atoms with Crippen molar-refractivity contribution in [3.05, 3.63) is 0 Å². The average Bonchev–Trinajstić information content (AvgIpc) is 2.78. The van der Waals surface area contributed by atoms with Crippen LogP contribution in [0.1, 0.15) is 27.2 Å². The van der Waals surface area contributed by atoms with E-state index < -0.39 is 6.10 Å². The van der Waals surface area contributed by atoms with E-state index in [4.69, 9.17) is 9.47 Å². The molecule has 4 heteroatoms. The number of nitrogens with one attached hydrogen (secondary N) is 1. The van der Waals surface area contributed by atoms with E-state index in [0.29, 0.717) is 37.6 Å². The third-order valence-electron chi connectivity index (χ3n) is 3.11. The molecule has 1 fully saturated rings. The Morgan fingerprint density at radius 1 is 1.35 bits per heavy atom. The molecule has 2 N–H and O–H groups in total. The SMILES string of the molecule is CC(C)COCC(O)CNC(C)C1CCOC1. The van der Waals surface area contributed by atoms with Gasteiger partial charge >= 0.3 is 0 Å². The molecule has 0 bridgehead atoms. The first-order valence-corrected chi connectivity index (χ1v) is 6.66. The van der Waals surface area contributed by atoms with E-state index in [1.807, 2.05) is 0 Å². The lowest BCUT2D eigenvalue weighted by Crippen LogP contribution is -2.40. The Bertz CT molecular complexity index is 193. The van der Waals surface area contributed by atoms with Crippen molar-refractivity contribution in [3.8, 4) is 0 Å². The predicted molar refractivity (Wildman–Crippen MR) is 68.1 cm³/mol. The van der Waals surface area contributed by atoms with Crippen LogP contribution in [0.2, 0.25) is 0 Å². The average molecular weight is 245 g/mol. The van der Waals surface area contributed by atoms with Crippen molar-refractivity contribution in [2.75, 3.05) is 33.0 Å². The van der Waals surface area contributed by atoms with Gasteiger partial charge in [0, 0.05) is 25.8 Å². The Kier molecular flexibility index (Phi) is 7.04. The molecule has 0 aromatic heterocycles. The van der Waals surface area contributed by atoms with Crippen molar-refractivity contribution in [1.29, 1.82) is 0 Å². The van der Waals surface area contributed by atoms with Gasteiger partial charge in [-0.2, -0.15) is 0 Å². The summed E-state index contributed by atoms with van der Waals surface area (Å²) < 4.78 is 10.7. The van der Waals surface area contributed by atoms with Gasteiger partial charge in [0.2, 0.25) is 0 Å². The fourth-order valence-electron chi connectivity index (χ4n) is 1.93. The highest BCUT2D eigenvalue weighted by Crippen LogP contribution is 2.16. The zero-order valence-electron chi connectivity index (χ0n) is 11.3. The third-order valence-corrected chi connectivity index (χ3v) is 3.11. The molecule has 102 valence electrons. The second-order valence-corrected chi connectivity index (χ2v) is 5.41. The summed E-state index contributed by atoms with van der Waals surface area (Å²) in [5.74, 6) is 1.10.